The van der Waals surface area contributed by atoms with Gasteiger partial charge in [0.15, 0.2) is 0 Å². The number of piperazine rings is 1. The summed E-state index contributed by atoms with van der Waals surface area (Å²) in [4.78, 5) is 42.3. The third-order valence-electron chi connectivity index (χ3n) is 4.09. The molecule has 3 rings (SSSR count). The molecule has 2 heterocycles. The molecule has 0 bridgehead atoms. The van der Waals surface area contributed by atoms with Crippen molar-refractivity contribution in [3.63, 3.8) is 0 Å². The van der Waals surface area contributed by atoms with Crippen LogP contribution < -0.4 is 16.1 Å². The van der Waals surface area contributed by atoms with E-state index in [0.29, 0.717) is 0 Å². The fraction of sp³-hybridized carbons (Fsp3) is 0.312. The largest absolute Gasteiger partial charge is 0.416 e. The first-order chi connectivity index (χ1) is 12.2. The van der Waals surface area contributed by atoms with Crippen LogP contribution in [0, 0.1) is 0 Å². The fourth-order valence-electron chi connectivity index (χ4n) is 2.85. The molecule has 1 aromatic carbocycles. The summed E-state index contributed by atoms with van der Waals surface area (Å²) in [6.07, 6.45) is -4.49. The first kappa shape index (κ1) is 17.8. The Kier molecular flexibility index (Phi) is 4.58. The molecular weight excluding hydrogens is 353 g/mol. The van der Waals surface area contributed by atoms with Gasteiger partial charge in [0.25, 0.3) is 5.56 Å². The highest BCUT2D eigenvalue weighted by Gasteiger charge is 2.34. The van der Waals surface area contributed by atoms with Gasteiger partial charge in [0.05, 0.1) is 12.1 Å². The van der Waals surface area contributed by atoms with Crippen molar-refractivity contribution in [3.8, 4) is 0 Å². The van der Waals surface area contributed by atoms with Gasteiger partial charge in [-0.15, -0.1) is 0 Å². The van der Waals surface area contributed by atoms with Crippen LogP contribution in [0.25, 0.3) is 0 Å². The minimum Gasteiger partial charge on any atom is -0.347 e. The molecule has 0 saturated carbocycles. The predicted octanol–water partition coefficient (Wildman–Crippen LogP) is 0.931. The number of carbonyl (C=O) groups is 1. The number of alkyl halides is 3. The molecule has 1 saturated heterocycles. The van der Waals surface area contributed by atoms with Crippen LogP contribution in [-0.4, -0.2) is 40.4 Å². The topological polar surface area (TPSA) is 89.3 Å². The lowest BCUT2D eigenvalue weighted by Gasteiger charge is -2.35. The number of nitrogens with one attached hydrogen (secondary N) is 2. The second-order valence-corrected chi connectivity index (χ2v) is 5.86. The van der Waals surface area contributed by atoms with Crippen LogP contribution in [0.2, 0.25) is 0 Å². The van der Waals surface area contributed by atoms with Gasteiger partial charge in [-0.05, 0) is 11.6 Å². The molecule has 0 unspecified atom stereocenters. The molecule has 2 aromatic rings. The second-order valence-electron chi connectivity index (χ2n) is 5.86. The highest BCUT2D eigenvalue weighted by atomic mass is 19.4. The lowest BCUT2D eigenvalue weighted by atomic mass is 10.1. The Hall–Kier alpha value is -3.04. The van der Waals surface area contributed by atoms with Gasteiger partial charge in [-0.3, -0.25) is 19.6 Å². The number of H-pyrrole nitrogens is 2. The number of hydrogen-bond acceptors (Lipinski definition) is 4. The van der Waals surface area contributed by atoms with E-state index in [-0.39, 0.29) is 37.6 Å². The number of amides is 1. The number of rotatable bonds is 3. The van der Waals surface area contributed by atoms with Crippen LogP contribution in [-0.2, 0) is 17.5 Å². The predicted molar refractivity (Wildman–Crippen MR) is 86.8 cm³/mol. The molecule has 10 heteroatoms. The molecular formula is C16H15F3N4O3. The van der Waals surface area contributed by atoms with Gasteiger partial charge < -0.3 is 9.80 Å². The molecule has 0 aliphatic carbocycles. The number of aromatic amines is 2. The third-order valence-corrected chi connectivity index (χ3v) is 4.09. The van der Waals surface area contributed by atoms with E-state index in [9.17, 15) is 27.6 Å². The van der Waals surface area contributed by atoms with E-state index in [4.69, 9.17) is 0 Å². The standard InChI is InChI=1S/C16H15F3N4O3/c17-16(18,19)11-4-2-1-3-10(11)8-23-6-5-22(9-14(23)25)12-7-13(24)21-15(26)20-12/h1-4,7H,5-6,8-9H2,(H2,20,21,24,26). The fourth-order valence-corrected chi connectivity index (χ4v) is 2.85. The van der Waals surface area contributed by atoms with E-state index in [2.05, 4.69) is 4.98 Å². The van der Waals surface area contributed by atoms with Crippen LogP contribution in [0.5, 0.6) is 0 Å². The average Bonchev–Trinajstić information content (AvgIpc) is 2.55. The molecule has 138 valence electrons. The normalized spacial score (nSPS) is 15.4. The zero-order valence-corrected chi connectivity index (χ0v) is 13.5. The Bertz CT molecular complexity index is 907. The molecule has 0 spiro atoms. The lowest BCUT2D eigenvalue weighted by Crippen LogP contribution is -2.51. The van der Waals surface area contributed by atoms with Crippen molar-refractivity contribution < 1.29 is 18.0 Å². The van der Waals surface area contributed by atoms with Crippen molar-refractivity contribution in [2.75, 3.05) is 24.5 Å². The zero-order chi connectivity index (χ0) is 18.9. The van der Waals surface area contributed by atoms with E-state index in [1.807, 2.05) is 4.98 Å². The van der Waals surface area contributed by atoms with Gasteiger partial charge in [-0.1, -0.05) is 18.2 Å². The lowest BCUT2D eigenvalue weighted by molar-refractivity contribution is -0.140. The van der Waals surface area contributed by atoms with E-state index in [1.165, 1.54) is 28.0 Å². The summed E-state index contributed by atoms with van der Waals surface area (Å²) >= 11 is 0. The molecule has 7 nitrogen and oxygen atoms in total. The van der Waals surface area contributed by atoms with Gasteiger partial charge in [-0.2, -0.15) is 13.2 Å². The van der Waals surface area contributed by atoms with Crippen molar-refractivity contribution in [2.45, 2.75) is 12.7 Å². The van der Waals surface area contributed by atoms with Crippen molar-refractivity contribution in [3.05, 3.63) is 62.3 Å². The quantitative estimate of drug-likeness (QED) is 0.844. The van der Waals surface area contributed by atoms with Gasteiger partial charge >= 0.3 is 11.9 Å². The van der Waals surface area contributed by atoms with Crippen LogP contribution >= 0.6 is 0 Å². The summed E-state index contributed by atoms with van der Waals surface area (Å²) in [6.45, 7) is 0.140. The molecule has 1 aliphatic heterocycles. The number of hydrogen-bond donors (Lipinski definition) is 2. The number of aromatic nitrogens is 2. The average molecular weight is 368 g/mol. The summed E-state index contributed by atoms with van der Waals surface area (Å²) in [7, 11) is 0. The van der Waals surface area contributed by atoms with Crippen LogP contribution in [0.15, 0.2) is 39.9 Å². The molecule has 0 radical (unpaired) electrons. The van der Waals surface area contributed by atoms with Crippen molar-refractivity contribution >= 4 is 11.7 Å². The first-order valence-corrected chi connectivity index (χ1v) is 7.75. The minimum absolute atomic E-state index is 0.0198. The van der Waals surface area contributed by atoms with Gasteiger partial charge in [0, 0.05) is 25.7 Å². The SMILES string of the molecule is O=C1CN(c2cc(=O)[nH]c(=O)[nH]2)CCN1Cc1ccccc1C(F)(F)F. The number of benzene rings is 1. The third kappa shape index (κ3) is 3.79. The Labute approximate surface area is 145 Å². The molecule has 1 amide bonds. The highest BCUT2D eigenvalue weighted by molar-refractivity contribution is 5.82. The van der Waals surface area contributed by atoms with Crippen LogP contribution in [0.1, 0.15) is 11.1 Å². The number of halogens is 3. The van der Waals surface area contributed by atoms with Gasteiger partial charge in [0.1, 0.15) is 5.82 Å². The highest BCUT2D eigenvalue weighted by Crippen LogP contribution is 2.32. The van der Waals surface area contributed by atoms with Crippen molar-refractivity contribution in [1.29, 1.82) is 0 Å². The van der Waals surface area contributed by atoms with Crippen LogP contribution in [0.4, 0.5) is 19.0 Å². The number of carbonyl (C=O) groups excluding carboxylic acids is 1. The Morgan fingerprint density at radius 2 is 1.77 bits per heavy atom. The van der Waals surface area contributed by atoms with E-state index < -0.39 is 28.9 Å². The van der Waals surface area contributed by atoms with Crippen molar-refractivity contribution in [1.82, 2.24) is 14.9 Å². The minimum atomic E-state index is -4.49. The smallest absolute Gasteiger partial charge is 0.347 e. The Morgan fingerprint density at radius 3 is 2.42 bits per heavy atom. The summed E-state index contributed by atoms with van der Waals surface area (Å²) < 4.78 is 39.2. The first-order valence-electron chi connectivity index (χ1n) is 7.75. The summed E-state index contributed by atoms with van der Waals surface area (Å²) in [5.41, 5.74) is -2.04. The number of anilines is 1. The van der Waals surface area contributed by atoms with Gasteiger partial charge in [0.2, 0.25) is 5.91 Å². The monoisotopic (exact) mass is 368 g/mol. The summed E-state index contributed by atoms with van der Waals surface area (Å²) in [5.74, 6) is -0.197. The van der Waals surface area contributed by atoms with Crippen molar-refractivity contribution in [2.24, 2.45) is 0 Å². The Balaban J connectivity index is 1.75. The summed E-state index contributed by atoms with van der Waals surface area (Å²) in [6, 6.07) is 6.28. The molecule has 0 atom stereocenters. The summed E-state index contributed by atoms with van der Waals surface area (Å²) in [5, 5.41) is 0. The van der Waals surface area contributed by atoms with E-state index in [1.54, 1.807) is 0 Å². The molecule has 1 aromatic heterocycles. The van der Waals surface area contributed by atoms with E-state index >= 15 is 0 Å². The second kappa shape index (κ2) is 6.70. The molecule has 26 heavy (non-hydrogen) atoms. The maximum atomic E-state index is 13.1. The number of nitrogens with zero attached hydrogens (tertiary/aromatic N) is 2. The van der Waals surface area contributed by atoms with Gasteiger partial charge in [-0.25, -0.2) is 4.79 Å². The molecule has 2 N–H and O–H groups in total. The zero-order valence-electron chi connectivity index (χ0n) is 13.5. The van der Waals surface area contributed by atoms with E-state index in [0.717, 1.165) is 12.1 Å². The maximum Gasteiger partial charge on any atom is 0.416 e. The van der Waals surface area contributed by atoms with Crippen LogP contribution in [0.3, 0.4) is 0 Å². The maximum absolute atomic E-state index is 13.1. The molecule has 1 aliphatic rings. The molecule has 1 fully saturated rings. The Morgan fingerprint density at radius 1 is 1.04 bits per heavy atom.